The van der Waals surface area contributed by atoms with Crippen molar-refractivity contribution < 1.29 is 4.79 Å². The van der Waals surface area contributed by atoms with Crippen LogP contribution in [-0.4, -0.2) is 18.2 Å². The Hall–Kier alpha value is -3.07. The van der Waals surface area contributed by atoms with Gasteiger partial charge < -0.3 is 0 Å². The number of Topliss-reactive ketones (excluding diaryl/α,β-unsaturated/α-hetero) is 1. The van der Waals surface area contributed by atoms with Gasteiger partial charge in [0.05, 0.1) is 5.69 Å². The van der Waals surface area contributed by atoms with Gasteiger partial charge in [-0.25, -0.2) is 0 Å². The van der Waals surface area contributed by atoms with E-state index in [0.29, 0.717) is 5.92 Å². The SMILES string of the molecule is C=Nc1cc(-c2ccc(C(C)=O)cc2)ccc1C.CC.CC.CCC1=C/N=C(C)C(C)C\C=C\1.CCCC(C)CCC.CCCCCC. The van der Waals surface area contributed by atoms with Crippen LogP contribution in [0.2, 0.25) is 0 Å². The molecule has 0 N–H and O–H groups in total. The number of hydrogen-bond donors (Lipinski definition) is 0. The van der Waals surface area contributed by atoms with Crippen molar-refractivity contribution in [2.24, 2.45) is 21.8 Å². The summed E-state index contributed by atoms with van der Waals surface area (Å²) in [6.07, 6.45) is 19.7. The molecule has 0 aliphatic carbocycles. The van der Waals surface area contributed by atoms with Crippen LogP contribution < -0.4 is 0 Å². The summed E-state index contributed by atoms with van der Waals surface area (Å²) in [7, 11) is 0. The van der Waals surface area contributed by atoms with Crippen molar-refractivity contribution >= 4 is 23.9 Å². The van der Waals surface area contributed by atoms with Crippen LogP contribution in [0.5, 0.6) is 0 Å². The third kappa shape index (κ3) is 24.1. The van der Waals surface area contributed by atoms with Gasteiger partial charge in [0.15, 0.2) is 5.78 Å². The predicted molar refractivity (Wildman–Crippen MR) is 222 cm³/mol. The van der Waals surface area contributed by atoms with E-state index in [4.69, 9.17) is 0 Å². The lowest BCUT2D eigenvalue weighted by atomic mass is 10.0. The molecule has 48 heavy (non-hydrogen) atoms. The van der Waals surface area contributed by atoms with Crippen LogP contribution in [0, 0.1) is 18.8 Å². The third-order valence-electron chi connectivity index (χ3n) is 7.90. The fourth-order valence-electron chi connectivity index (χ4n) is 4.64. The maximum absolute atomic E-state index is 11.2. The number of nitrogens with zero attached hydrogens (tertiary/aromatic N) is 2. The molecular formula is C45H76N2O. The van der Waals surface area contributed by atoms with Crippen LogP contribution in [0.3, 0.4) is 0 Å². The molecule has 0 spiro atoms. The number of carbonyl (C=O) groups is 1. The highest BCUT2D eigenvalue weighted by atomic mass is 16.1. The summed E-state index contributed by atoms with van der Waals surface area (Å²) < 4.78 is 0. The Kier molecular flexibility index (Phi) is 34.7. The van der Waals surface area contributed by atoms with Crippen molar-refractivity contribution in [2.45, 2.75) is 161 Å². The van der Waals surface area contributed by atoms with Crippen LogP contribution in [0.4, 0.5) is 5.69 Å². The Morgan fingerprint density at radius 3 is 1.81 bits per heavy atom. The molecule has 0 fully saturated rings. The number of aryl methyl sites for hydroxylation is 1. The second-order valence-electron chi connectivity index (χ2n) is 12.0. The summed E-state index contributed by atoms with van der Waals surface area (Å²) in [4.78, 5) is 19.6. The van der Waals surface area contributed by atoms with Crippen LogP contribution in [0.15, 0.2) is 76.4 Å². The first-order valence-electron chi connectivity index (χ1n) is 19.2. The fourth-order valence-corrected chi connectivity index (χ4v) is 4.64. The summed E-state index contributed by atoms with van der Waals surface area (Å²) in [5, 5.41) is 0. The molecule has 1 heterocycles. The van der Waals surface area contributed by atoms with Gasteiger partial charge in [0.25, 0.3) is 0 Å². The van der Waals surface area contributed by atoms with Crippen molar-refractivity contribution in [3.05, 3.63) is 77.5 Å². The lowest BCUT2D eigenvalue weighted by Crippen LogP contribution is -2.06. The molecule has 0 bridgehead atoms. The molecule has 3 nitrogen and oxygen atoms in total. The van der Waals surface area contributed by atoms with E-state index in [-0.39, 0.29) is 5.78 Å². The smallest absolute Gasteiger partial charge is 0.159 e. The predicted octanol–water partition coefficient (Wildman–Crippen LogP) is 15.4. The average Bonchev–Trinajstić information content (AvgIpc) is 3.11. The minimum absolute atomic E-state index is 0.0823. The molecule has 0 saturated heterocycles. The molecule has 1 aliphatic heterocycles. The van der Waals surface area contributed by atoms with E-state index in [9.17, 15) is 4.79 Å². The first-order chi connectivity index (χ1) is 23.1. The number of unbranched alkanes of at least 4 members (excludes halogenated alkanes) is 3. The van der Waals surface area contributed by atoms with E-state index in [1.807, 2.05) is 83.3 Å². The lowest BCUT2D eigenvalue weighted by molar-refractivity contribution is 0.101. The lowest BCUT2D eigenvalue weighted by Gasteiger charge is -2.09. The third-order valence-corrected chi connectivity index (χ3v) is 7.90. The molecule has 0 amide bonds. The zero-order valence-electron chi connectivity index (χ0n) is 34.0. The molecule has 2 aromatic carbocycles. The van der Waals surface area contributed by atoms with Gasteiger partial charge in [-0.3, -0.25) is 14.8 Å². The zero-order chi connectivity index (χ0) is 37.3. The number of benzene rings is 2. The number of carbonyl (C=O) groups excluding carboxylic acids is 1. The van der Waals surface area contributed by atoms with E-state index < -0.39 is 0 Å². The molecule has 272 valence electrons. The Morgan fingerprint density at radius 2 is 1.38 bits per heavy atom. The van der Waals surface area contributed by atoms with Gasteiger partial charge in [-0.1, -0.05) is 176 Å². The minimum Gasteiger partial charge on any atom is -0.295 e. The van der Waals surface area contributed by atoms with Crippen molar-refractivity contribution in [1.82, 2.24) is 0 Å². The minimum atomic E-state index is 0.0823. The highest BCUT2D eigenvalue weighted by Crippen LogP contribution is 2.27. The standard InChI is InChI=1S/C16H15NO.C11H17N.C8H18.C6H14.2C2H6/c1-11-4-5-15(10-16(11)17-3)14-8-6-13(7-9-14)12(2)18;1-4-11-7-5-6-9(2)10(3)12-8-11;1-4-6-8(3)7-5-2;1-3-5-6-4-2;2*1-2/h4-10H,3H2,1-2H3;5,7-9H,4,6H2,1-3H3;8H,4-7H2,1-3H3;3-6H2,1-2H3;2*1-2H3/b;7-5+,11-8-,12-10?;;;;. The number of rotatable bonds is 11. The molecule has 1 atom stereocenters. The van der Waals surface area contributed by atoms with Gasteiger partial charge in [-0.15, -0.1) is 0 Å². The summed E-state index contributed by atoms with van der Waals surface area (Å²) in [5.41, 5.74) is 7.44. The Labute approximate surface area is 299 Å². The van der Waals surface area contributed by atoms with Gasteiger partial charge >= 0.3 is 0 Å². The van der Waals surface area contributed by atoms with E-state index in [1.165, 1.54) is 62.7 Å². The van der Waals surface area contributed by atoms with Gasteiger partial charge in [0, 0.05) is 17.5 Å². The first kappa shape index (κ1) is 49.3. The quantitative estimate of drug-likeness (QED) is 0.134. The van der Waals surface area contributed by atoms with E-state index in [1.54, 1.807) is 6.92 Å². The normalized spacial score (nSPS) is 14.7. The summed E-state index contributed by atoms with van der Waals surface area (Å²) in [6.45, 7) is 32.9. The zero-order valence-corrected chi connectivity index (χ0v) is 34.0. The topological polar surface area (TPSA) is 41.8 Å². The van der Waals surface area contributed by atoms with Crippen molar-refractivity contribution in [2.75, 3.05) is 0 Å². The van der Waals surface area contributed by atoms with Crippen LogP contribution >= 0.6 is 0 Å². The molecular weight excluding hydrogens is 585 g/mol. The Bertz CT molecular complexity index is 1140. The van der Waals surface area contributed by atoms with Crippen LogP contribution in [-0.2, 0) is 0 Å². The van der Waals surface area contributed by atoms with Crippen molar-refractivity contribution in [1.29, 1.82) is 0 Å². The van der Waals surface area contributed by atoms with Gasteiger partial charge in [0.1, 0.15) is 0 Å². The van der Waals surface area contributed by atoms with Crippen molar-refractivity contribution in [3.63, 3.8) is 0 Å². The molecule has 0 saturated carbocycles. The number of allylic oxidation sites excluding steroid dienone is 3. The number of hydrogen-bond acceptors (Lipinski definition) is 3. The van der Waals surface area contributed by atoms with E-state index in [0.717, 1.165) is 46.7 Å². The fraction of sp³-hybridized carbons (Fsp3) is 0.578. The van der Waals surface area contributed by atoms with Crippen molar-refractivity contribution in [3.8, 4) is 11.1 Å². The summed E-state index contributed by atoms with van der Waals surface area (Å²) in [5.74, 6) is 1.64. The summed E-state index contributed by atoms with van der Waals surface area (Å²) >= 11 is 0. The Balaban J connectivity index is -0.000000587. The van der Waals surface area contributed by atoms with Gasteiger partial charge in [0.2, 0.25) is 0 Å². The van der Waals surface area contributed by atoms with Gasteiger partial charge in [-0.2, -0.15) is 0 Å². The Morgan fingerprint density at radius 1 is 0.854 bits per heavy atom. The monoisotopic (exact) mass is 661 g/mol. The highest BCUT2D eigenvalue weighted by molar-refractivity contribution is 5.94. The molecule has 0 radical (unpaired) electrons. The maximum atomic E-state index is 11.2. The molecule has 1 aliphatic rings. The number of aliphatic imine (C=N–C) groups is 2. The largest absolute Gasteiger partial charge is 0.295 e. The maximum Gasteiger partial charge on any atom is 0.159 e. The average molecular weight is 661 g/mol. The molecule has 2 aromatic rings. The highest BCUT2D eigenvalue weighted by Gasteiger charge is 2.05. The van der Waals surface area contributed by atoms with Gasteiger partial charge in [-0.05, 0) is 80.5 Å². The van der Waals surface area contributed by atoms with E-state index in [2.05, 4.69) is 84.2 Å². The summed E-state index contributed by atoms with van der Waals surface area (Å²) in [6, 6.07) is 13.7. The second kappa shape index (κ2) is 33.8. The molecule has 3 rings (SSSR count). The van der Waals surface area contributed by atoms with Crippen LogP contribution in [0.1, 0.15) is 170 Å². The second-order valence-corrected chi connectivity index (χ2v) is 12.0. The van der Waals surface area contributed by atoms with E-state index >= 15 is 0 Å². The molecule has 0 aromatic heterocycles. The van der Waals surface area contributed by atoms with Crippen LogP contribution in [0.25, 0.3) is 11.1 Å². The number of ketones is 1. The molecule has 1 unspecified atom stereocenters. The molecule has 3 heteroatoms. The first-order valence-corrected chi connectivity index (χ1v) is 19.2.